The topological polar surface area (TPSA) is 24.5 Å². The van der Waals surface area contributed by atoms with E-state index < -0.39 is 0 Å². The van der Waals surface area contributed by atoms with E-state index in [0.29, 0.717) is 29.6 Å². The number of nitrogens with one attached hydrogen (secondary N) is 1. The first-order valence-corrected chi connectivity index (χ1v) is 8.18. The Morgan fingerprint density at radius 1 is 1.11 bits per heavy atom. The maximum atomic E-state index is 5.98. The molecule has 4 atom stereocenters. The molecule has 1 heterocycles. The lowest BCUT2D eigenvalue weighted by atomic mass is 9.70. The fourth-order valence-corrected chi connectivity index (χ4v) is 4.92. The third-order valence-electron chi connectivity index (χ3n) is 5.81. The van der Waals surface area contributed by atoms with Crippen LogP contribution in [0.15, 0.2) is 0 Å². The molecule has 3 heteroatoms. The van der Waals surface area contributed by atoms with Crippen molar-refractivity contribution in [2.45, 2.75) is 76.6 Å². The number of likely N-dealkylation sites (N-methyl/N-ethyl adjacent to an activating group) is 1. The average Bonchev–Trinajstić information content (AvgIpc) is 2.85. The van der Waals surface area contributed by atoms with Crippen LogP contribution in [0.4, 0.5) is 0 Å². The highest BCUT2D eigenvalue weighted by atomic mass is 16.5. The molecule has 2 aliphatic carbocycles. The molecule has 2 saturated carbocycles. The van der Waals surface area contributed by atoms with Crippen molar-refractivity contribution < 1.29 is 4.74 Å². The fraction of sp³-hybridized carbons (Fsp3) is 1.00. The molecule has 1 saturated heterocycles. The summed E-state index contributed by atoms with van der Waals surface area (Å²) in [5.74, 6) is 0. The number of hydrogen-bond acceptors (Lipinski definition) is 3. The summed E-state index contributed by atoms with van der Waals surface area (Å²) in [5.41, 5.74) is 0.421. The molecular formula is C16H30N2O. The van der Waals surface area contributed by atoms with Crippen LogP contribution < -0.4 is 5.32 Å². The van der Waals surface area contributed by atoms with Gasteiger partial charge < -0.3 is 10.1 Å². The summed E-state index contributed by atoms with van der Waals surface area (Å²) in [6, 6.07) is 2.03. The minimum atomic E-state index is 0.421. The van der Waals surface area contributed by atoms with Crippen LogP contribution in [0.5, 0.6) is 0 Å². The predicted octanol–water partition coefficient (Wildman–Crippen LogP) is 2.41. The zero-order valence-corrected chi connectivity index (χ0v) is 12.8. The van der Waals surface area contributed by atoms with Gasteiger partial charge in [0.2, 0.25) is 0 Å². The van der Waals surface area contributed by atoms with E-state index in [1.165, 1.54) is 38.5 Å². The largest absolute Gasteiger partial charge is 0.375 e. The number of nitrogens with zero attached hydrogens (tertiary/aromatic N) is 1. The molecule has 0 bridgehead atoms. The summed E-state index contributed by atoms with van der Waals surface area (Å²) >= 11 is 0. The summed E-state index contributed by atoms with van der Waals surface area (Å²) in [7, 11) is 2.15. The van der Waals surface area contributed by atoms with Crippen molar-refractivity contribution in [3.05, 3.63) is 0 Å². The first kappa shape index (κ1) is 13.8. The summed E-state index contributed by atoms with van der Waals surface area (Å²) in [4.78, 5) is 2.81. The van der Waals surface area contributed by atoms with Gasteiger partial charge in [-0.3, -0.25) is 4.90 Å². The lowest BCUT2D eigenvalue weighted by Gasteiger charge is -2.52. The van der Waals surface area contributed by atoms with Crippen LogP contribution in [-0.2, 0) is 4.74 Å². The van der Waals surface area contributed by atoms with Gasteiger partial charge >= 0.3 is 0 Å². The SMILES string of the molecule is CNC1C(N2CCOC3CCCC32)CCCC1(C)C. The van der Waals surface area contributed by atoms with Crippen molar-refractivity contribution in [1.29, 1.82) is 0 Å². The Labute approximate surface area is 118 Å². The van der Waals surface area contributed by atoms with Gasteiger partial charge in [-0.05, 0) is 44.6 Å². The van der Waals surface area contributed by atoms with Gasteiger partial charge in [-0.1, -0.05) is 20.3 Å². The Morgan fingerprint density at radius 2 is 1.89 bits per heavy atom. The van der Waals surface area contributed by atoms with Gasteiger partial charge in [0.15, 0.2) is 0 Å². The third-order valence-corrected chi connectivity index (χ3v) is 5.81. The molecule has 1 N–H and O–H groups in total. The van der Waals surface area contributed by atoms with Crippen LogP contribution in [0.2, 0.25) is 0 Å². The van der Waals surface area contributed by atoms with Gasteiger partial charge in [-0.15, -0.1) is 0 Å². The van der Waals surface area contributed by atoms with Crippen LogP contribution >= 0.6 is 0 Å². The minimum Gasteiger partial charge on any atom is -0.375 e. The van der Waals surface area contributed by atoms with Crippen molar-refractivity contribution in [2.24, 2.45) is 5.41 Å². The lowest BCUT2D eigenvalue weighted by molar-refractivity contribution is -0.0911. The number of ether oxygens (including phenoxy) is 1. The highest BCUT2D eigenvalue weighted by Crippen LogP contribution is 2.41. The minimum absolute atomic E-state index is 0.421. The lowest BCUT2D eigenvalue weighted by Crippen LogP contribution is -2.63. The smallest absolute Gasteiger partial charge is 0.0731 e. The van der Waals surface area contributed by atoms with Crippen molar-refractivity contribution in [2.75, 3.05) is 20.2 Å². The zero-order chi connectivity index (χ0) is 13.5. The molecule has 0 aromatic rings. The van der Waals surface area contributed by atoms with E-state index in [4.69, 9.17) is 4.74 Å². The van der Waals surface area contributed by atoms with E-state index in [2.05, 4.69) is 31.1 Å². The Hall–Kier alpha value is -0.120. The van der Waals surface area contributed by atoms with Gasteiger partial charge in [-0.25, -0.2) is 0 Å². The van der Waals surface area contributed by atoms with E-state index >= 15 is 0 Å². The van der Waals surface area contributed by atoms with Crippen LogP contribution in [-0.4, -0.2) is 49.3 Å². The molecule has 3 fully saturated rings. The van der Waals surface area contributed by atoms with Crippen LogP contribution in [0.3, 0.4) is 0 Å². The van der Waals surface area contributed by atoms with Crippen LogP contribution in [0.25, 0.3) is 0 Å². The maximum Gasteiger partial charge on any atom is 0.0731 e. The van der Waals surface area contributed by atoms with Crippen molar-refractivity contribution in [1.82, 2.24) is 10.2 Å². The van der Waals surface area contributed by atoms with Gasteiger partial charge in [0.25, 0.3) is 0 Å². The number of morpholine rings is 1. The summed E-state index contributed by atoms with van der Waals surface area (Å²) in [6.45, 7) is 6.95. The average molecular weight is 266 g/mol. The summed E-state index contributed by atoms with van der Waals surface area (Å²) in [6.07, 6.45) is 8.60. The molecule has 19 heavy (non-hydrogen) atoms. The third kappa shape index (κ3) is 2.45. The number of hydrogen-bond donors (Lipinski definition) is 1. The first-order valence-electron chi connectivity index (χ1n) is 8.18. The van der Waals surface area contributed by atoms with E-state index in [1.807, 2.05) is 0 Å². The van der Waals surface area contributed by atoms with Gasteiger partial charge in [0.05, 0.1) is 12.7 Å². The molecule has 0 aromatic carbocycles. The molecule has 3 rings (SSSR count). The van der Waals surface area contributed by atoms with Crippen LogP contribution in [0.1, 0.15) is 52.4 Å². The Morgan fingerprint density at radius 3 is 2.68 bits per heavy atom. The fourth-order valence-electron chi connectivity index (χ4n) is 4.92. The molecule has 0 radical (unpaired) electrons. The summed E-state index contributed by atoms with van der Waals surface area (Å²) < 4.78 is 5.98. The first-order chi connectivity index (χ1) is 9.13. The predicted molar refractivity (Wildman–Crippen MR) is 78.4 cm³/mol. The van der Waals surface area contributed by atoms with Crippen molar-refractivity contribution in [3.8, 4) is 0 Å². The zero-order valence-electron chi connectivity index (χ0n) is 12.8. The number of rotatable bonds is 2. The van der Waals surface area contributed by atoms with Crippen molar-refractivity contribution in [3.63, 3.8) is 0 Å². The highest BCUT2D eigenvalue weighted by Gasteiger charge is 2.46. The molecular weight excluding hydrogens is 236 g/mol. The monoisotopic (exact) mass is 266 g/mol. The molecule has 110 valence electrons. The van der Waals surface area contributed by atoms with E-state index in [1.54, 1.807) is 0 Å². The molecule has 3 aliphatic rings. The second-order valence-electron chi connectivity index (χ2n) is 7.36. The summed E-state index contributed by atoms with van der Waals surface area (Å²) in [5, 5.41) is 3.64. The van der Waals surface area contributed by atoms with Gasteiger partial charge in [0.1, 0.15) is 0 Å². The number of fused-ring (bicyclic) bond motifs is 1. The molecule has 0 amide bonds. The standard InChI is InChI=1S/C16H30N2O/c1-16(2)9-5-7-13(15(16)17-3)18-10-11-19-14-8-4-6-12(14)18/h12-15,17H,4-11H2,1-3H3. The maximum absolute atomic E-state index is 5.98. The molecule has 0 spiro atoms. The van der Waals surface area contributed by atoms with E-state index in [-0.39, 0.29) is 0 Å². The van der Waals surface area contributed by atoms with E-state index in [9.17, 15) is 0 Å². The van der Waals surface area contributed by atoms with Crippen molar-refractivity contribution >= 4 is 0 Å². The molecule has 0 aromatic heterocycles. The Balaban J connectivity index is 1.79. The molecule has 1 aliphatic heterocycles. The normalized spacial score (nSPS) is 43.1. The van der Waals surface area contributed by atoms with E-state index in [0.717, 1.165) is 13.2 Å². The molecule has 3 nitrogen and oxygen atoms in total. The Kier molecular flexibility index (Phi) is 3.89. The Bertz CT molecular complexity index is 318. The molecule has 4 unspecified atom stereocenters. The quantitative estimate of drug-likeness (QED) is 0.830. The second-order valence-corrected chi connectivity index (χ2v) is 7.36. The second kappa shape index (κ2) is 5.34. The van der Waals surface area contributed by atoms with Crippen LogP contribution in [0, 0.1) is 5.41 Å². The highest BCUT2D eigenvalue weighted by molar-refractivity contribution is 5.02. The van der Waals surface area contributed by atoms with Gasteiger partial charge in [-0.2, -0.15) is 0 Å². The van der Waals surface area contributed by atoms with Gasteiger partial charge in [0, 0.05) is 24.7 Å².